The number of anilines is 2. The number of unbranched alkanes of at least 4 members (excludes halogenated alkanes) is 1. The van der Waals surface area contributed by atoms with Gasteiger partial charge in [0.15, 0.2) is 0 Å². The molecule has 11 heteroatoms. The molecule has 1 N–H and O–H groups in total. The van der Waals surface area contributed by atoms with Gasteiger partial charge in [-0.15, -0.1) is 0 Å². The maximum absolute atomic E-state index is 13.7. The summed E-state index contributed by atoms with van der Waals surface area (Å²) in [4.78, 5) is 56.5. The number of carbonyl (C=O) groups is 3. The van der Waals surface area contributed by atoms with Crippen LogP contribution in [0.2, 0.25) is 0 Å². The lowest BCUT2D eigenvalue weighted by atomic mass is 10.1. The van der Waals surface area contributed by atoms with Crippen molar-refractivity contribution in [2.45, 2.75) is 26.7 Å². The number of hydrogen-bond donors (Lipinski definition) is 1. The van der Waals surface area contributed by atoms with Crippen LogP contribution >= 0.6 is 24.0 Å². The third kappa shape index (κ3) is 4.61. The van der Waals surface area contributed by atoms with E-state index in [0.29, 0.717) is 33.5 Å². The maximum Gasteiger partial charge on any atom is 0.295 e. The van der Waals surface area contributed by atoms with Crippen LogP contribution in [0, 0.1) is 6.92 Å². The Balaban J connectivity index is 1.44. The molecule has 200 valence electrons. The van der Waals surface area contributed by atoms with Crippen LogP contribution in [0.4, 0.5) is 11.4 Å². The minimum Gasteiger partial charge on any atom is -0.318 e. The van der Waals surface area contributed by atoms with Crippen molar-refractivity contribution in [3.8, 4) is 5.69 Å². The van der Waals surface area contributed by atoms with Gasteiger partial charge in [-0.3, -0.25) is 33.7 Å². The Bertz CT molecular complexity index is 1610. The number of aromatic nitrogens is 2. The second kappa shape index (κ2) is 10.7. The monoisotopic (exact) mass is 561 g/mol. The number of thioether (sulfide) groups is 1. The number of para-hydroxylation sites is 2. The van der Waals surface area contributed by atoms with E-state index < -0.39 is 11.8 Å². The molecule has 3 heterocycles. The van der Waals surface area contributed by atoms with Crippen LogP contribution in [0.15, 0.2) is 64.3 Å². The van der Waals surface area contributed by atoms with Crippen molar-refractivity contribution in [2.75, 3.05) is 23.3 Å². The molecule has 3 amide bonds. The molecule has 1 saturated heterocycles. The van der Waals surface area contributed by atoms with Gasteiger partial charge in [-0.25, -0.2) is 4.68 Å². The minimum absolute atomic E-state index is 0.142. The van der Waals surface area contributed by atoms with Gasteiger partial charge >= 0.3 is 0 Å². The molecule has 3 aromatic rings. The highest BCUT2D eigenvalue weighted by atomic mass is 32.2. The molecular formula is C28H27N5O4S2. The van der Waals surface area contributed by atoms with Crippen LogP contribution < -0.4 is 15.8 Å². The standard InChI is InChI=1S/C28H27N5O4S2/c1-4-5-15-31-27(37)24(39-28(31)38)22-19-13-9-10-14-20(19)32(25(22)35)16-21(34)29-23-17(2)30(3)33(26(23)36)18-11-7-6-8-12-18/h6-14H,4-5,15-16H2,1-3H3,(H,29,34)/b24-22-. The predicted molar refractivity (Wildman–Crippen MR) is 157 cm³/mol. The number of thiocarbonyl (C=S) groups is 1. The van der Waals surface area contributed by atoms with Gasteiger partial charge < -0.3 is 5.32 Å². The summed E-state index contributed by atoms with van der Waals surface area (Å²) in [6, 6.07) is 16.2. The number of nitrogens with one attached hydrogen (secondary N) is 1. The van der Waals surface area contributed by atoms with E-state index in [9.17, 15) is 19.2 Å². The summed E-state index contributed by atoms with van der Waals surface area (Å²) in [7, 11) is 1.74. The number of nitrogens with zero attached hydrogens (tertiary/aromatic N) is 4. The minimum atomic E-state index is -0.527. The van der Waals surface area contributed by atoms with E-state index in [1.165, 1.54) is 14.5 Å². The van der Waals surface area contributed by atoms with E-state index >= 15 is 0 Å². The number of amides is 3. The summed E-state index contributed by atoms with van der Waals surface area (Å²) in [6.07, 6.45) is 1.71. The van der Waals surface area contributed by atoms with Crippen molar-refractivity contribution in [1.29, 1.82) is 0 Å². The summed E-state index contributed by atoms with van der Waals surface area (Å²) in [5, 5.41) is 2.71. The lowest BCUT2D eigenvalue weighted by Crippen LogP contribution is -2.36. The average Bonchev–Trinajstić information content (AvgIpc) is 3.44. The number of rotatable bonds is 7. The highest BCUT2D eigenvalue weighted by molar-refractivity contribution is 8.26. The summed E-state index contributed by atoms with van der Waals surface area (Å²) in [5.74, 6) is -1.26. The van der Waals surface area contributed by atoms with Crippen LogP contribution in [-0.4, -0.2) is 49.4 Å². The fourth-order valence-electron chi connectivity index (χ4n) is 4.75. The topological polar surface area (TPSA) is 96.7 Å². The fourth-order valence-corrected chi connectivity index (χ4v) is 6.13. The molecule has 0 radical (unpaired) electrons. The second-order valence-electron chi connectivity index (χ2n) is 9.28. The molecule has 39 heavy (non-hydrogen) atoms. The van der Waals surface area contributed by atoms with Crippen LogP contribution in [0.5, 0.6) is 0 Å². The number of fused-ring (bicyclic) bond motifs is 1. The molecule has 2 aliphatic heterocycles. The lowest BCUT2D eigenvalue weighted by Gasteiger charge is -2.16. The number of carbonyl (C=O) groups excluding carboxylic acids is 3. The Labute approximate surface area is 235 Å². The van der Waals surface area contributed by atoms with Crippen LogP contribution in [0.25, 0.3) is 11.3 Å². The first-order valence-corrected chi connectivity index (χ1v) is 13.8. The maximum atomic E-state index is 13.7. The van der Waals surface area contributed by atoms with Crippen LogP contribution in [-0.2, 0) is 21.4 Å². The fraction of sp³-hybridized carbons (Fsp3) is 0.250. The Morgan fingerprint density at radius 2 is 1.67 bits per heavy atom. The average molecular weight is 562 g/mol. The molecule has 1 fully saturated rings. The number of hydrogen-bond acceptors (Lipinski definition) is 6. The van der Waals surface area contributed by atoms with Crippen molar-refractivity contribution in [2.24, 2.45) is 7.05 Å². The molecular weight excluding hydrogens is 534 g/mol. The molecule has 0 saturated carbocycles. The molecule has 0 atom stereocenters. The van der Waals surface area contributed by atoms with Gasteiger partial charge in [0.25, 0.3) is 17.4 Å². The summed E-state index contributed by atoms with van der Waals surface area (Å²) in [5.41, 5.74) is 2.35. The quantitative estimate of drug-likeness (QED) is 0.348. The molecule has 5 rings (SSSR count). The molecule has 0 bridgehead atoms. The smallest absolute Gasteiger partial charge is 0.295 e. The zero-order valence-corrected chi connectivity index (χ0v) is 23.4. The van der Waals surface area contributed by atoms with Gasteiger partial charge in [0.2, 0.25) is 5.91 Å². The summed E-state index contributed by atoms with van der Waals surface area (Å²) in [6.45, 7) is 3.94. The zero-order chi connectivity index (χ0) is 27.8. The van der Waals surface area contributed by atoms with E-state index in [1.807, 2.05) is 25.1 Å². The largest absolute Gasteiger partial charge is 0.318 e. The highest BCUT2D eigenvalue weighted by Crippen LogP contribution is 2.44. The van der Waals surface area contributed by atoms with Gasteiger partial charge in [-0.05, 0) is 31.5 Å². The molecule has 0 spiro atoms. The first-order valence-electron chi connectivity index (χ1n) is 12.6. The lowest BCUT2D eigenvalue weighted by molar-refractivity contribution is -0.122. The van der Waals surface area contributed by atoms with Crippen molar-refractivity contribution in [1.82, 2.24) is 14.3 Å². The SMILES string of the molecule is CCCCN1C(=O)/C(=C2/C(=O)N(CC(=O)Nc3c(C)n(C)n(-c4ccccc4)c3=O)c3ccccc32)SC1=S. The van der Waals surface area contributed by atoms with Crippen molar-refractivity contribution < 1.29 is 14.4 Å². The second-order valence-corrected chi connectivity index (χ2v) is 10.9. The molecule has 2 aliphatic rings. The van der Waals surface area contributed by atoms with Crippen molar-refractivity contribution in [3.63, 3.8) is 0 Å². The summed E-state index contributed by atoms with van der Waals surface area (Å²) >= 11 is 6.56. The predicted octanol–water partition coefficient (Wildman–Crippen LogP) is 3.84. The summed E-state index contributed by atoms with van der Waals surface area (Å²) < 4.78 is 3.56. The highest BCUT2D eigenvalue weighted by Gasteiger charge is 2.42. The molecule has 1 aromatic heterocycles. The van der Waals surface area contributed by atoms with Gasteiger partial charge in [0.1, 0.15) is 16.6 Å². The molecule has 0 unspecified atom stereocenters. The van der Waals surface area contributed by atoms with Gasteiger partial charge in [-0.2, -0.15) is 0 Å². The van der Waals surface area contributed by atoms with Crippen LogP contribution in [0.1, 0.15) is 31.0 Å². The molecule has 9 nitrogen and oxygen atoms in total. The van der Waals surface area contributed by atoms with Crippen molar-refractivity contribution >= 4 is 63.0 Å². The van der Waals surface area contributed by atoms with Crippen molar-refractivity contribution in [3.05, 3.63) is 81.1 Å². The third-order valence-corrected chi connectivity index (χ3v) is 8.30. The van der Waals surface area contributed by atoms with Gasteiger partial charge in [0.05, 0.1) is 27.5 Å². The van der Waals surface area contributed by atoms with E-state index in [1.54, 1.807) is 55.1 Å². The Morgan fingerprint density at radius 3 is 2.38 bits per heavy atom. The van der Waals surface area contributed by atoms with E-state index in [4.69, 9.17) is 12.2 Å². The normalized spacial score (nSPS) is 16.8. The first kappa shape index (κ1) is 26.6. The first-order chi connectivity index (χ1) is 18.7. The molecule has 0 aliphatic carbocycles. The Kier molecular flexibility index (Phi) is 7.28. The Morgan fingerprint density at radius 1 is 0.974 bits per heavy atom. The number of benzene rings is 2. The third-order valence-electron chi connectivity index (χ3n) is 6.86. The molecule has 2 aromatic carbocycles. The zero-order valence-electron chi connectivity index (χ0n) is 21.8. The van der Waals surface area contributed by atoms with Gasteiger partial charge in [0, 0.05) is 19.2 Å². The van der Waals surface area contributed by atoms with E-state index in [0.717, 1.165) is 24.6 Å². The van der Waals surface area contributed by atoms with Gasteiger partial charge in [-0.1, -0.05) is 73.7 Å². The Hall–Kier alpha value is -3.96. The van der Waals surface area contributed by atoms with E-state index in [-0.39, 0.29) is 34.2 Å². The van der Waals surface area contributed by atoms with E-state index in [2.05, 4.69) is 5.32 Å². The van der Waals surface area contributed by atoms with Crippen LogP contribution in [0.3, 0.4) is 0 Å².